The summed E-state index contributed by atoms with van der Waals surface area (Å²) in [4.78, 5) is 26.2. The van der Waals surface area contributed by atoms with Crippen LogP contribution in [-0.4, -0.2) is 34.5 Å². The molecule has 2 atom stereocenters. The van der Waals surface area contributed by atoms with Crippen molar-refractivity contribution in [1.82, 2.24) is 4.90 Å². The molecule has 0 spiro atoms. The highest BCUT2D eigenvalue weighted by Crippen LogP contribution is 2.27. The van der Waals surface area contributed by atoms with Gasteiger partial charge >= 0.3 is 5.97 Å². The third kappa shape index (κ3) is 2.81. The van der Waals surface area contributed by atoms with E-state index in [1.165, 1.54) is 11.3 Å². The SMILES string of the molecule is CCc1ccsc1C(=O)N1CCC(C(=O)O)CC1C. The van der Waals surface area contributed by atoms with Gasteiger partial charge in [-0.2, -0.15) is 0 Å². The molecular weight excluding hydrogens is 262 g/mol. The third-order valence-corrected chi connectivity index (χ3v) is 4.75. The van der Waals surface area contributed by atoms with E-state index < -0.39 is 5.97 Å². The van der Waals surface area contributed by atoms with Gasteiger partial charge in [0.15, 0.2) is 0 Å². The predicted molar refractivity (Wildman–Crippen MR) is 74.6 cm³/mol. The smallest absolute Gasteiger partial charge is 0.306 e. The molecule has 1 aliphatic heterocycles. The topological polar surface area (TPSA) is 57.6 Å². The van der Waals surface area contributed by atoms with Gasteiger partial charge in [0.25, 0.3) is 5.91 Å². The quantitative estimate of drug-likeness (QED) is 0.926. The molecule has 5 heteroatoms. The molecule has 0 saturated carbocycles. The standard InChI is InChI=1S/C14H19NO3S/c1-3-10-5-7-19-12(10)13(16)15-6-4-11(14(17)18)8-9(15)2/h5,7,9,11H,3-4,6,8H2,1-2H3,(H,17,18). The molecule has 1 aromatic heterocycles. The summed E-state index contributed by atoms with van der Waals surface area (Å²) in [6.07, 6.45) is 1.96. The molecule has 2 rings (SSSR count). The number of carboxylic acids is 1. The van der Waals surface area contributed by atoms with Gasteiger partial charge in [-0.1, -0.05) is 6.92 Å². The number of aliphatic carboxylic acids is 1. The predicted octanol–water partition coefficient (Wildman–Crippen LogP) is 2.64. The third-order valence-electron chi connectivity index (χ3n) is 3.81. The summed E-state index contributed by atoms with van der Waals surface area (Å²) in [6, 6.07) is 1.99. The molecule has 1 aromatic rings. The van der Waals surface area contributed by atoms with Crippen LogP contribution in [0.4, 0.5) is 0 Å². The number of hydrogen-bond donors (Lipinski definition) is 1. The van der Waals surface area contributed by atoms with Gasteiger partial charge in [0.1, 0.15) is 0 Å². The van der Waals surface area contributed by atoms with E-state index in [0.29, 0.717) is 19.4 Å². The van der Waals surface area contributed by atoms with Gasteiger partial charge in [-0.25, -0.2) is 0 Å². The Bertz CT molecular complexity index is 483. The van der Waals surface area contributed by atoms with Crippen LogP contribution in [0.25, 0.3) is 0 Å². The fraction of sp³-hybridized carbons (Fsp3) is 0.571. The van der Waals surface area contributed by atoms with E-state index in [9.17, 15) is 9.59 Å². The zero-order valence-electron chi connectivity index (χ0n) is 11.3. The number of thiophene rings is 1. The Hall–Kier alpha value is -1.36. The first-order valence-corrected chi connectivity index (χ1v) is 7.52. The number of carbonyl (C=O) groups is 2. The van der Waals surface area contributed by atoms with E-state index in [2.05, 4.69) is 0 Å². The average Bonchev–Trinajstić information content (AvgIpc) is 2.85. The Labute approximate surface area is 117 Å². The van der Waals surface area contributed by atoms with Gasteiger partial charge in [0, 0.05) is 12.6 Å². The van der Waals surface area contributed by atoms with Gasteiger partial charge in [-0.15, -0.1) is 11.3 Å². The minimum Gasteiger partial charge on any atom is -0.481 e. The van der Waals surface area contributed by atoms with Crippen molar-refractivity contribution >= 4 is 23.2 Å². The first-order chi connectivity index (χ1) is 9.04. The molecule has 1 saturated heterocycles. The van der Waals surface area contributed by atoms with Gasteiger partial charge < -0.3 is 10.0 Å². The number of hydrogen-bond acceptors (Lipinski definition) is 3. The van der Waals surface area contributed by atoms with Crippen LogP contribution in [0.15, 0.2) is 11.4 Å². The van der Waals surface area contributed by atoms with Crippen molar-refractivity contribution in [2.75, 3.05) is 6.54 Å². The number of rotatable bonds is 3. The average molecular weight is 281 g/mol. The number of piperidine rings is 1. The molecule has 2 heterocycles. The van der Waals surface area contributed by atoms with Gasteiger partial charge in [0.05, 0.1) is 10.8 Å². The van der Waals surface area contributed by atoms with Crippen LogP contribution in [0.2, 0.25) is 0 Å². The summed E-state index contributed by atoms with van der Waals surface area (Å²) in [5.41, 5.74) is 1.09. The van der Waals surface area contributed by atoms with Crippen LogP contribution in [0, 0.1) is 5.92 Å². The van der Waals surface area contributed by atoms with E-state index in [-0.39, 0.29) is 17.9 Å². The van der Waals surface area contributed by atoms with Crippen LogP contribution in [0.1, 0.15) is 41.9 Å². The summed E-state index contributed by atoms with van der Waals surface area (Å²) in [7, 11) is 0. The van der Waals surface area contributed by atoms with Crippen LogP contribution < -0.4 is 0 Å². The second-order valence-electron chi connectivity index (χ2n) is 5.04. The van der Waals surface area contributed by atoms with Crippen molar-refractivity contribution in [3.8, 4) is 0 Å². The van der Waals surface area contributed by atoms with E-state index in [4.69, 9.17) is 5.11 Å². The maximum atomic E-state index is 12.5. The molecule has 1 amide bonds. The van der Waals surface area contributed by atoms with Crippen LogP contribution in [0.3, 0.4) is 0 Å². The lowest BCUT2D eigenvalue weighted by atomic mass is 9.91. The Morgan fingerprint density at radius 2 is 2.26 bits per heavy atom. The zero-order chi connectivity index (χ0) is 14.0. The lowest BCUT2D eigenvalue weighted by molar-refractivity contribution is -0.143. The lowest BCUT2D eigenvalue weighted by Gasteiger charge is -2.36. The van der Waals surface area contributed by atoms with Crippen molar-refractivity contribution in [2.45, 2.75) is 39.2 Å². The van der Waals surface area contributed by atoms with Crippen molar-refractivity contribution in [2.24, 2.45) is 5.92 Å². The van der Waals surface area contributed by atoms with Crippen LogP contribution in [-0.2, 0) is 11.2 Å². The first kappa shape index (κ1) is 14.1. The summed E-state index contributed by atoms with van der Waals surface area (Å²) < 4.78 is 0. The van der Waals surface area contributed by atoms with Crippen LogP contribution in [0.5, 0.6) is 0 Å². The van der Waals surface area contributed by atoms with Crippen molar-refractivity contribution in [3.63, 3.8) is 0 Å². The molecule has 0 bridgehead atoms. The number of likely N-dealkylation sites (tertiary alicyclic amines) is 1. The molecule has 1 aliphatic rings. The maximum Gasteiger partial charge on any atom is 0.306 e. The summed E-state index contributed by atoms with van der Waals surface area (Å²) >= 11 is 1.48. The minimum absolute atomic E-state index is 0.00541. The van der Waals surface area contributed by atoms with E-state index in [1.807, 2.05) is 30.2 Å². The fourth-order valence-electron chi connectivity index (χ4n) is 2.63. The molecule has 2 unspecified atom stereocenters. The van der Waals surface area contributed by atoms with Crippen molar-refractivity contribution in [3.05, 3.63) is 21.9 Å². The monoisotopic (exact) mass is 281 g/mol. The maximum absolute atomic E-state index is 12.5. The molecular formula is C14H19NO3S. The molecule has 0 radical (unpaired) electrons. The van der Waals surface area contributed by atoms with Gasteiger partial charge in [-0.3, -0.25) is 9.59 Å². The van der Waals surface area contributed by atoms with Crippen LogP contribution >= 0.6 is 11.3 Å². The van der Waals surface area contributed by atoms with E-state index in [1.54, 1.807) is 0 Å². The molecule has 4 nitrogen and oxygen atoms in total. The Kier molecular flexibility index (Phi) is 4.24. The molecule has 19 heavy (non-hydrogen) atoms. The zero-order valence-corrected chi connectivity index (χ0v) is 12.1. The Morgan fingerprint density at radius 3 is 2.84 bits per heavy atom. The number of carbonyl (C=O) groups excluding carboxylic acids is 1. The van der Waals surface area contributed by atoms with Gasteiger partial charge in [-0.05, 0) is 43.2 Å². The van der Waals surface area contributed by atoms with Crippen molar-refractivity contribution in [1.29, 1.82) is 0 Å². The normalized spacial score (nSPS) is 23.4. The fourth-order valence-corrected chi connectivity index (χ4v) is 3.58. The highest BCUT2D eigenvalue weighted by Gasteiger charge is 2.33. The second kappa shape index (κ2) is 5.74. The molecule has 0 aromatic carbocycles. The second-order valence-corrected chi connectivity index (χ2v) is 5.95. The summed E-state index contributed by atoms with van der Waals surface area (Å²) in [5.74, 6) is -1.000. The molecule has 1 fully saturated rings. The highest BCUT2D eigenvalue weighted by atomic mass is 32.1. The molecule has 0 aliphatic carbocycles. The Morgan fingerprint density at radius 1 is 1.53 bits per heavy atom. The highest BCUT2D eigenvalue weighted by molar-refractivity contribution is 7.12. The number of nitrogens with zero attached hydrogens (tertiary/aromatic N) is 1. The largest absolute Gasteiger partial charge is 0.481 e. The first-order valence-electron chi connectivity index (χ1n) is 6.64. The van der Waals surface area contributed by atoms with Crippen molar-refractivity contribution < 1.29 is 14.7 Å². The summed E-state index contributed by atoms with van der Waals surface area (Å²) in [5, 5.41) is 11.0. The number of aryl methyl sites for hydroxylation is 1. The van der Waals surface area contributed by atoms with E-state index >= 15 is 0 Å². The summed E-state index contributed by atoms with van der Waals surface area (Å²) in [6.45, 7) is 4.52. The number of amides is 1. The molecule has 104 valence electrons. The Balaban J connectivity index is 2.11. The minimum atomic E-state index is -0.746. The van der Waals surface area contributed by atoms with E-state index in [0.717, 1.165) is 16.9 Å². The van der Waals surface area contributed by atoms with Gasteiger partial charge in [0.2, 0.25) is 0 Å². The number of carboxylic acid groups (broad SMARTS) is 1. The lowest BCUT2D eigenvalue weighted by Crippen LogP contribution is -2.46. The molecule has 1 N–H and O–H groups in total.